The first-order valence-electron chi connectivity index (χ1n) is 11.0. The number of piperidine rings is 1. The Morgan fingerprint density at radius 3 is 2.59 bits per heavy atom. The standard InChI is InChI=1S/C24H26F3N5/c25-18-6-8-19(9-7-18)32-14-16(11-29-32)13-31-10-2-3-17(15-31)24-20(12-28-30-24)23-21(26)4-1-5-22(23)27/h1,4-9,11,14,17,20,24,28,30H,2-3,10,12-13,15H2. The lowest BCUT2D eigenvalue weighted by molar-refractivity contribution is 0.139. The summed E-state index contributed by atoms with van der Waals surface area (Å²) in [6, 6.07) is 10.3. The van der Waals surface area contributed by atoms with Crippen LogP contribution in [0.15, 0.2) is 54.9 Å². The molecule has 168 valence electrons. The Morgan fingerprint density at radius 2 is 1.81 bits per heavy atom. The van der Waals surface area contributed by atoms with Gasteiger partial charge >= 0.3 is 0 Å². The number of hydrazine groups is 1. The smallest absolute Gasteiger partial charge is 0.129 e. The maximum absolute atomic E-state index is 14.4. The summed E-state index contributed by atoms with van der Waals surface area (Å²) in [5.74, 6) is -1.21. The molecule has 1 aromatic heterocycles. The third kappa shape index (κ3) is 4.30. The van der Waals surface area contributed by atoms with Crippen LogP contribution in [0.3, 0.4) is 0 Å². The normalized spacial score (nSPS) is 24.2. The van der Waals surface area contributed by atoms with Crippen LogP contribution in [0, 0.1) is 23.4 Å². The molecule has 3 aromatic rings. The zero-order valence-corrected chi connectivity index (χ0v) is 17.6. The molecule has 2 N–H and O–H groups in total. The molecular formula is C24H26F3N5. The number of nitrogens with zero attached hydrogens (tertiary/aromatic N) is 3. The van der Waals surface area contributed by atoms with Crippen LogP contribution < -0.4 is 10.9 Å². The van der Waals surface area contributed by atoms with Gasteiger partial charge in [0.15, 0.2) is 0 Å². The maximum atomic E-state index is 14.4. The third-order valence-electron chi connectivity index (χ3n) is 6.58. The molecule has 2 saturated heterocycles. The zero-order chi connectivity index (χ0) is 22.1. The van der Waals surface area contributed by atoms with Gasteiger partial charge in [-0.15, -0.1) is 0 Å². The van der Waals surface area contributed by atoms with E-state index in [4.69, 9.17) is 0 Å². The van der Waals surface area contributed by atoms with Gasteiger partial charge in [0.05, 0.1) is 11.9 Å². The van der Waals surface area contributed by atoms with Crippen LogP contribution in [-0.2, 0) is 6.54 Å². The molecule has 2 fully saturated rings. The average molecular weight is 442 g/mol. The van der Waals surface area contributed by atoms with Crippen LogP contribution in [0.5, 0.6) is 0 Å². The van der Waals surface area contributed by atoms with Crippen molar-refractivity contribution in [2.45, 2.75) is 31.3 Å². The molecule has 0 spiro atoms. The highest BCUT2D eigenvalue weighted by Gasteiger charge is 2.39. The van der Waals surface area contributed by atoms with E-state index in [-0.39, 0.29) is 29.3 Å². The topological polar surface area (TPSA) is 45.1 Å². The number of aromatic nitrogens is 2. The SMILES string of the molecule is Fc1ccc(-n2cc(CN3CCCC(C4NNCC4c4c(F)cccc4F)C3)cn2)cc1. The molecule has 3 heterocycles. The van der Waals surface area contributed by atoms with Crippen LogP contribution in [0.1, 0.15) is 29.9 Å². The van der Waals surface area contributed by atoms with Gasteiger partial charge in [0.25, 0.3) is 0 Å². The molecule has 3 unspecified atom stereocenters. The average Bonchev–Trinajstić information content (AvgIpc) is 3.45. The van der Waals surface area contributed by atoms with Gasteiger partial charge in [-0.05, 0) is 61.7 Å². The Kier molecular flexibility index (Phi) is 5.99. The predicted molar refractivity (Wildman–Crippen MR) is 116 cm³/mol. The summed E-state index contributed by atoms with van der Waals surface area (Å²) >= 11 is 0. The Bertz CT molecular complexity index is 1050. The molecule has 2 aliphatic heterocycles. The summed E-state index contributed by atoms with van der Waals surface area (Å²) in [4.78, 5) is 2.37. The second kappa shape index (κ2) is 9.05. The lowest BCUT2D eigenvalue weighted by Gasteiger charge is -2.37. The van der Waals surface area contributed by atoms with Crippen molar-refractivity contribution in [3.63, 3.8) is 0 Å². The van der Waals surface area contributed by atoms with Gasteiger partial charge in [0.2, 0.25) is 0 Å². The van der Waals surface area contributed by atoms with Gasteiger partial charge in [-0.3, -0.25) is 15.8 Å². The number of halogens is 3. The highest BCUT2D eigenvalue weighted by molar-refractivity contribution is 5.31. The van der Waals surface area contributed by atoms with Crippen molar-refractivity contribution in [3.05, 3.63) is 83.4 Å². The second-order valence-corrected chi connectivity index (χ2v) is 8.70. The van der Waals surface area contributed by atoms with Crippen molar-refractivity contribution in [1.29, 1.82) is 0 Å². The monoisotopic (exact) mass is 441 g/mol. The van der Waals surface area contributed by atoms with Crippen molar-refractivity contribution in [1.82, 2.24) is 25.5 Å². The van der Waals surface area contributed by atoms with Crippen molar-refractivity contribution in [3.8, 4) is 5.69 Å². The Morgan fingerprint density at radius 1 is 1.03 bits per heavy atom. The molecule has 32 heavy (non-hydrogen) atoms. The molecular weight excluding hydrogens is 415 g/mol. The molecule has 0 radical (unpaired) electrons. The lowest BCUT2D eigenvalue weighted by atomic mass is 9.80. The minimum atomic E-state index is -0.480. The van der Waals surface area contributed by atoms with Crippen molar-refractivity contribution in [2.75, 3.05) is 19.6 Å². The van der Waals surface area contributed by atoms with E-state index in [2.05, 4.69) is 20.9 Å². The molecule has 5 nitrogen and oxygen atoms in total. The first-order valence-corrected chi connectivity index (χ1v) is 11.0. The van der Waals surface area contributed by atoms with Gasteiger partial charge in [-0.25, -0.2) is 17.9 Å². The van der Waals surface area contributed by atoms with E-state index in [9.17, 15) is 13.2 Å². The summed E-state index contributed by atoms with van der Waals surface area (Å²) in [7, 11) is 0. The molecule has 3 atom stereocenters. The fourth-order valence-electron chi connectivity index (χ4n) is 5.07. The molecule has 0 bridgehead atoms. The van der Waals surface area contributed by atoms with E-state index in [0.29, 0.717) is 6.54 Å². The minimum absolute atomic E-state index is 0.0360. The van der Waals surface area contributed by atoms with Crippen molar-refractivity contribution < 1.29 is 13.2 Å². The molecule has 2 aliphatic rings. The number of likely N-dealkylation sites (tertiary alicyclic amines) is 1. The van der Waals surface area contributed by atoms with Crippen LogP contribution in [-0.4, -0.2) is 40.4 Å². The summed E-state index contributed by atoms with van der Waals surface area (Å²) in [6.07, 6.45) is 5.84. The van der Waals surface area contributed by atoms with E-state index < -0.39 is 11.6 Å². The van der Waals surface area contributed by atoms with E-state index >= 15 is 0 Å². The number of nitrogens with one attached hydrogen (secondary N) is 2. The number of hydrogen-bond acceptors (Lipinski definition) is 4. The van der Waals surface area contributed by atoms with Crippen LogP contribution in [0.4, 0.5) is 13.2 Å². The van der Waals surface area contributed by atoms with Crippen molar-refractivity contribution in [2.24, 2.45) is 5.92 Å². The first-order chi connectivity index (χ1) is 15.6. The minimum Gasteiger partial charge on any atom is -0.299 e. The summed E-state index contributed by atoms with van der Waals surface area (Å²) in [6.45, 7) is 3.06. The lowest BCUT2D eigenvalue weighted by Crippen LogP contribution is -2.46. The largest absolute Gasteiger partial charge is 0.299 e. The Hall–Kier alpha value is -2.68. The molecule has 5 rings (SSSR count). The predicted octanol–water partition coefficient (Wildman–Crippen LogP) is 3.76. The van der Waals surface area contributed by atoms with Crippen molar-refractivity contribution >= 4 is 0 Å². The van der Waals surface area contributed by atoms with E-state index in [1.165, 1.54) is 30.3 Å². The first kappa shape index (κ1) is 21.2. The van der Waals surface area contributed by atoms with Gasteiger partial charge < -0.3 is 0 Å². The van der Waals surface area contributed by atoms with Gasteiger partial charge in [-0.1, -0.05) is 6.07 Å². The molecule has 0 amide bonds. The zero-order valence-electron chi connectivity index (χ0n) is 17.6. The van der Waals surface area contributed by atoms with E-state index in [0.717, 1.165) is 43.7 Å². The summed E-state index contributed by atoms with van der Waals surface area (Å²) in [5.41, 5.74) is 8.47. The molecule has 0 aliphatic carbocycles. The second-order valence-electron chi connectivity index (χ2n) is 8.70. The number of rotatable bonds is 5. The van der Waals surface area contributed by atoms with Crippen LogP contribution in [0.25, 0.3) is 5.69 Å². The highest BCUT2D eigenvalue weighted by atomic mass is 19.1. The van der Waals surface area contributed by atoms with Gasteiger partial charge in [0.1, 0.15) is 17.5 Å². The fourth-order valence-corrected chi connectivity index (χ4v) is 5.07. The number of hydrogen-bond donors (Lipinski definition) is 2. The maximum Gasteiger partial charge on any atom is 0.129 e. The van der Waals surface area contributed by atoms with E-state index in [1.54, 1.807) is 16.8 Å². The summed E-state index contributed by atoms with van der Waals surface area (Å²) in [5, 5.41) is 4.41. The van der Waals surface area contributed by atoms with E-state index in [1.807, 2.05) is 12.4 Å². The third-order valence-corrected chi connectivity index (χ3v) is 6.58. The Balaban J connectivity index is 1.27. The molecule has 0 saturated carbocycles. The van der Waals surface area contributed by atoms with Crippen LogP contribution >= 0.6 is 0 Å². The fraction of sp³-hybridized carbons (Fsp3) is 0.375. The van der Waals surface area contributed by atoms with Crippen LogP contribution in [0.2, 0.25) is 0 Å². The summed E-state index contributed by atoms with van der Waals surface area (Å²) < 4.78 is 43.8. The number of benzene rings is 2. The quantitative estimate of drug-likeness (QED) is 0.633. The van der Waals surface area contributed by atoms with Gasteiger partial charge in [-0.2, -0.15) is 5.10 Å². The van der Waals surface area contributed by atoms with Gasteiger partial charge in [0, 0.05) is 48.9 Å². The molecule has 8 heteroatoms. The Labute approximate surface area is 185 Å². The highest BCUT2D eigenvalue weighted by Crippen LogP contribution is 2.34. The molecule has 2 aromatic carbocycles.